The molecule has 0 atom stereocenters. The highest BCUT2D eigenvalue weighted by atomic mass is 16.6. The van der Waals surface area contributed by atoms with Gasteiger partial charge in [0.25, 0.3) is 11.6 Å². The summed E-state index contributed by atoms with van der Waals surface area (Å²) < 4.78 is 10.5. The number of hydrogen-bond donors (Lipinski definition) is 2. The molecule has 3 aromatic rings. The standard InChI is InChI=1S/C17H13N3O5/c1-24-10-6-7-15-11(8-10)16(18)12(9-25-15)17(21)19-13-4-2-3-5-14(13)20(22)23/h2-9,18H,1H3,(H,19,21). The number of hydrogen-bond acceptors (Lipinski definition) is 6. The molecule has 0 aliphatic carbocycles. The van der Waals surface area contributed by atoms with Crippen molar-refractivity contribution in [3.8, 4) is 5.75 Å². The van der Waals surface area contributed by atoms with Crippen LogP contribution >= 0.6 is 0 Å². The Morgan fingerprint density at radius 1 is 1.28 bits per heavy atom. The van der Waals surface area contributed by atoms with Crippen molar-refractivity contribution in [2.24, 2.45) is 0 Å². The van der Waals surface area contributed by atoms with Gasteiger partial charge in [-0.1, -0.05) is 12.1 Å². The molecule has 0 saturated heterocycles. The molecule has 8 heteroatoms. The predicted octanol–water partition coefficient (Wildman–Crippen LogP) is 3.08. The van der Waals surface area contributed by atoms with Crippen molar-refractivity contribution >= 4 is 28.3 Å². The fourth-order valence-electron chi connectivity index (χ4n) is 2.36. The van der Waals surface area contributed by atoms with Gasteiger partial charge in [0.15, 0.2) is 0 Å². The number of benzene rings is 2. The van der Waals surface area contributed by atoms with E-state index in [0.717, 1.165) is 6.26 Å². The molecule has 0 bridgehead atoms. The Kier molecular flexibility index (Phi) is 4.17. The van der Waals surface area contributed by atoms with Gasteiger partial charge in [-0.15, -0.1) is 0 Å². The largest absolute Gasteiger partial charge is 0.497 e. The van der Waals surface area contributed by atoms with Gasteiger partial charge in [-0.2, -0.15) is 0 Å². The van der Waals surface area contributed by atoms with Gasteiger partial charge in [-0.3, -0.25) is 20.3 Å². The number of nitro benzene ring substituents is 1. The van der Waals surface area contributed by atoms with Gasteiger partial charge in [0.2, 0.25) is 0 Å². The molecule has 0 unspecified atom stereocenters. The summed E-state index contributed by atoms with van der Waals surface area (Å²) in [6, 6.07) is 10.7. The van der Waals surface area contributed by atoms with Crippen LogP contribution < -0.4 is 15.4 Å². The van der Waals surface area contributed by atoms with Crippen LogP contribution in [-0.4, -0.2) is 17.9 Å². The van der Waals surface area contributed by atoms with Crippen LogP contribution in [0.1, 0.15) is 10.4 Å². The number of amides is 1. The highest BCUT2D eigenvalue weighted by molar-refractivity contribution is 6.06. The average Bonchev–Trinajstić information content (AvgIpc) is 2.62. The molecule has 25 heavy (non-hydrogen) atoms. The topological polar surface area (TPSA) is 118 Å². The number of para-hydroxylation sites is 2. The Hall–Kier alpha value is -3.68. The molecule has 1 heterocycles. The minimum atomic E-state index is -0.673. The summed E-state index contributed by atoms with van der Waals surface area (Å²) in [4.78, 5) is 22.9. The molecule has 126 valence electrons. The number of rotatable bonds is 4. The van der Waals surface area contributed by atoms with Gasteiger partial charge in [0.05, 0.1) is 17.4 Å². The van der Waals surface area contributed by atoms with E-state index in [2.05, 4.69) is 5.32 Å². The number of nitro groups is 1. The second-order valence-electron chi connectivity index (χ2n) is 5.11. The first-order chi connectivity index (χ1) is 12.0. The lowest BCUT2D eigenvalue weighted by Gasteiger charge is -2.07. The number of nitrogens with zero attached hydrogens (tertiary/aromatic N) is 1. The minimum absolute atomic E-state index is 0.0427. The fraction of sp³-hybridized carbons (Fsp3) is 0.0588. The molecule has 1 amide bonds. The Morgan fingerprint density at radius 2 is 2.04 bits per heavy atom. The van der Waals surface area contributed by atoms with E-state index < -0.39 is 10.8 Å². The van der Waals surface area contributed by atoms with Gasteiger partial charge in [-0.05, 0) is 24.3 Å². The summed E-state index contributed by atoms with van der Waals surface area (Å²) in [6.07, 6.45) is 1.15. The lowest BCUT2D eigenvalue weighted by molar-refractivity contribution is -0.383. The van der Waals surface area contributed by atoms with Crippen LogP contribution in [0.4, 0.5) is 11.4 Å². The Labute approximate surface area is 141 Å². The lowest BCUT2D eigenvalue weighted by Crippen LogP contribution is -2.21. The Balaban J connectivity index is 2.02. The van der Waals surface area contributed by atoms with Crippen LogP contribution in [0.2, 0.25) is 0 Å². The van der Waals surface area contributed by atoms with Crippen molar-refractivity contribution in [1.29, 1.82) is 5.41 Å². The van der Waals surface area contributed by atoms with E-state index in [1.54, 1.807) is 24.3 Å². The van der Waals surface area contributed by atoms with E-state index in [0.29, 0.717) is 16.7 Å². The molecule has 2 aromatic carbocycles. The first-order valence-corrected chi connectivity index (χ1v) is 7.20. The molecule has 0 aliphatic rings. The number of anilines is 1. The maximum Gasteiger partial charge on any atom is 0.292 e. The molecule has 0 spiro atoms. The number of carbonyl (C=O) groups excluding carboxylic acids is 1. The molecule has 0 aliphatic heterocycles. The third kappa shape index (κ3) is 3.05. The second kappa shape index (κ2) is 6.44. The molecule has 0 saturated carbocycles. The van der Waals surface area contributed by atoms with Crippen molar-refractivity contribution in [1.82, 2.24) is 0 Å². The van der Waals surface area contributed by atoms with Crippen molar-refractivity contribution in [2.75, 3.05) is 12.4 Å². The van der Waals surface area contributed by atoms with Gasteiger partial charge in [0.1, 0.15) is 28.8 Å². The van der Waals surface area contributed by atoms with E-state index in [4.69, 9.17) is 14.6 Å². The molecular weight excluding hydrogens is 326 g/mol. The summed E-state index contributed by atoms with van der Waals surface area (Å²) in [5.74, 6) is -0.153. The van der Waals surface area contributed by atoms with Crippen LogP contribution in [0.5, 0.6) is 5.75 Å². The quantitative estimate of drug-likeness (QED) is 0.559. The molecule has 0 fully saturated rings. The van der Waals surface area contributed by atoms with Crippen LogP contribution in [0, 0.1) is 15.5 Å². The van der Waals surface area contributed by atoms with Gasteiger partial charge < -0.3 is 14.5 Å². The summed E-state index contributed by atoms with van der Waals surface area (Å²) in [5, 5.41) is 22.1. The molecule has 8 nitrogen and oxygen atoms in total. The maximum absolute atomic E-state index is 12.5. The maximum atomic E-state index is 12.5. The molecule has 0 radical (unpaired) electrons. The molecule has 3 rings (SSSR count). The van der Waals surface area contributed by atoms with Gasteiger partial charge >= 0.3 is 0 Å². The molecule has 1 aromatic heterocycles. The average molecular weight is 339 g/mol. The van der Waals surface area contributed by atoms with Crippen LogP contribution in [0.3, 0.4) is 0 Å². The first kappa shape index (κ1) is 16.2. The first-order valence-electron chi connectivity index (χ1n) is 7.20. The van der Waals surface area contributed by atoms with Gasteiger partial charge in [-0.25, -0.2) is 0 Å². The number of fused-ring (bicyclic) bond motifs is 1. The summed E-state index contributed by atoms with van der Waals surface area (Å²) >= 11 is 0. The highest BCUT2D eigenvalue weighted by Crippen LogP contribution is 2.24. The third-order valence-electron chi connectivity index (χ3n) is 3.62. The Morgan fingerprint density at radius 3 is 2.76 bits per heavy atom. The fourth-order valence-corrected chi connectivity index (χ4v) is 2.36. The molecular formula is C17H13N3O5. The summed E-state index contributed by atoms with van der Waals surface area (Å²) in [6.45, 7) is 0. The second-order valence-corrected chi connectivity index (χ2v) is 5.11. The number of methoxy groups -OCH3 is 1. The number of ether oxygens (including phenoxy) is 1. The summed E-state index contributed by atoms with van der Waals surface area (Å²) in [5.41, 5.74) is 0.191. The molecule has 2 N–H and O–H groups in total. The minimum Gasteiger partial charge on any atom is -0.497 e. The predicted molar refractivity (Wildman–Crippen MR) is 89.7 cm³/mol. The van der Waals surface area contributed by atoms with Gasteiger partial charge in [0, 0.05) is 11.5 Å². The van der Waals surface area contributed by atoms with E-state index in [9.17, 15) is 14.9 Å². The number of nitrogens with one attached hydrogen (secondary N) is 2. The van der Waals surface area contributed by atoms with Crippen LogP contribution in [0.15, 0.2) is 53.1 Å². The van der Waals surface area contributed by atoms with Crippen LogP contribution in [-0.2, 0) is 0 Å². The SMILES string of the molecule is COc1ccc2occ(C(=O)Nc3ccccc3[N+](=O)[O-])c(=N)c2c1. The zero-order valence-electron chi connectivity index (χ0n) is 13.1. The van der Waals surface area contributed by atoms with E-state index in [1.807, 2.05) is 0 Å². The summed E-state index contributed by atoms with van der Waals surface area (Å²) in [7, 11) is 1.49. The Bertz CT molecular complexity index is 1040. The van der Waals surface area contributed by atoms with Crippen LogP contribution in [0.25, 0.3) is 11.0 Å². The van der Waals surface area contributed by atoms with Crippen molar-refractivity contribution in [3.63, 3.8) is 0 Å². The van der Waals surface area contributed by atoms with E-state index in [1.165, 1.54) is 25.3 Å². The van der Waals surface area contributed by atoms with E-state index in [-0.39, 0.29) is 22.3 Å². The number of carbonyl (C=O) groups is 1. The van der Waals surface area contributed by atoms with Crippen molar-refractivity contribution < 1.29 is 18.9 Å². The normalized spacial score (nSPS) is 10.4. The monoisotopic (exact) mass is 339 g/mol. The van der Waals surface area contributed by atoms with E-state index >= 15 is 0 Å². The zero-order valence-corrected chi connectivity index (χ0v) is 13.1. The van der Waals surface area contributed by atoms with Crippen molar-refractivity contribution in [2.45, 2.75) is 0 Å². The zero-order chi connectivity index (χ0) is 18.0. The smallest absolute Gasteiger partial charge is 0.292 e. The lowest BCUT2D eigenvalue weighted by atomic mass is 10.1. The third-order valence-corrected chi connectivity index (χ3v) is 3.62. The van der Waals surface area contributed by atoms with Crippen molar-refractivity contribution in [3.05, 3.63) is 69.8 Å². The highest BCUT2D eigenvalue weighted by Gasteiger charge is 2.18.